The van der Waals surface area contributed by atoms with Crippen LogP contribution in [0.1, 0.15) is 12.8 Å². The number of nitrogens with zero attached hydrogens (tertiary/aromatic N) is 6. The van der Waals surface area contributed by atoms with Crippen LogP contribution in [0.25, 0.3) is 27.9 Å². The molecule has 0 saturated carbocycles. The topological polar surface area (TPSA) is 118 Å². The van der Waals surface area contributed by atoms with Gasteiger partial charge in [-0.3, -0.25) is 9.29 Å². The number of sulfonamides is 1. The molecule has 0 amide bonds. The third-order valence-corrected chi connectivity index (χ3v) is 9.84. The first kappa shape index (κ1) is 29.1. The molecule has 2 N–H and O–H groups in total. The summed E-state index contributed by atoms with van der Waals surface area (Å²) in [5.74, 6) is -1.72. The Kier molecular flexibility index (Phi) is 7.38. The van der Waals surface area contributed by atoms with Crippen molar-refractivity contribution < 1.29 is 17.2 Å². The van der Waals surface area contributed by atoms with Crippen LogP contribution in [-0.2, 0) is 10.0 Å². The van der Waals surface area contributed by atoms with Gasteiger partial charge in [0.15, 0.2) is 11.6 Å². The average molecular weight is 668 g/mol. The minimum atomic E-state index is -4.39. The summed E-state index contributed by atoms with van der Waals surface area (Å²) >= 11 is 12.0. The van der Waals surface area contributed by atoms with Gasteiger partial charge in [-0.2, -0.15) is 0 Å². The molecule has 0 spiro atoms. The zero-order valence-electron chi connectivity index (χ0n) is 23.2. The highest BCUT2D eigenvalue weighted by Gasteiger charge is 2.24. The van der Waals surface area contributed by atoms with E-state index in [-0.39, 0.29) is 26.3 Å². The molecule has 0 unspecified atom stereocenters. The fraction of sp³-hybridized carbons (Fsp3) is 0.133. The Hall–Kier alpha value is -4.59. The molecule has 228 valence electrons. The Morgan fingerprint density at radius 2 is 1.67 bits per heavy atom. The van der Waals surface area contributed by atoms with Crippen LogP contribution in [0.5, 0.6) is 0 Å². The maximum absolute atomic E-state index is 15.7. The molecule has 1 aliphatic rings. The highest BCUT2D eigenvalue weighted by Crippen LogP contribution is 2.35. The second-order valence-electron chi connectivity index (χ2n) is 10.3. The predicted octanol–water partition coefficient (Wildman–Crippen LogP) is 7.09. The number of hydrogen-bond donors (Lipinski definition) is 2. The minimum absolute atomic E-state index is 0.000260. The van der Waals surface area contributed by atoms with Crippen molar-refractivity contribution in [1.29, 1.82) is 0 Å². The normalized spacial score (nSPS) is 13.6. The van der Waals surface area contributed by atoms with Crippen molar-refractivity contribution in [2.75, 3.05) is 28.0 Å². The predicted molar refractivity (Wildman–Crippen MR) is 170 cm³/mol. The van der Waals surface area contributed by atoms with Gasteiger partial charge in [0.2, 0.25) is 0 Å². The molecule has 1 saturated heterocycles. The molecular weight excluding hydrogens is 645 g/mol. The third kappa shape index (κ3) is 5.26. The second kappa shape index (κ2) is 11.4. The summed E-state index contributed by atoms with van der Waals surface area (Å²) in [5.41, 5.74) is 2.19. The zero-order valence-corrected chi connectivity index (χ0v) is 25.5. The van der Waals surface area contributed by atoms with Crippen molar-refractivity contribution in [3.8, 4) is 5.82 Å². The number of pyridine rings is 1. The van der Waals surface area contributed by atoms with Gasteiger partial charge in [0.1, 0.15) is 45.9 Å². The Morgan fingerprint density at radius 3 is 2.49 bits per heavy atom. The van der Waals surface area contributed by atoms with E-state index in [9.17, 15) is 8.42 Å². The fourth-order valence-corrected chi connectivity index (χ4v) is 7.15. The molecule has 0 radical (unpaired) electrons. The maximum Gasteiger partial charge on any atom is 0.263 e. The number of hydrogen-bond acceptors (Lipinski definition) is 8. The summed E-state index contributed by atoms with van der Waals surface area (Å²) in [7, 11) is -4.39. The standard InChI is InChI=1S/C30H22Cl2F2N8O2S/c31-17-5-3-8-23(25(17)32)45(43,44)40-19-10-9-18(33)27(26(19)34)39-30-28-20(35-15-36-30)11-12-24(38-28)42-16-37-29-21(6-4-7-22(29)42)41-13-1-2-14-41/h3-12,15-16,40H,1-2,13-14H2,(H,35,36,39). The van der Waals surface area contributed by atoms with E-state index in [1.54, 1.807) is 18.5 Å². The molecule has 0 atom stereocenters. The molecular formula is C30H22Cl2F2N8O2S. The van der Waals surface area contributed by atoms with Gasteiger partial charge in [-0.1, -0.05) is 35.3 Å². The van der Waals surface area contributed by atoms with Crippen LogP contribution in [-0.4, -0.2) is 46.0 Å². The van der Waals surface area contributed by atoms with Crippen LogP contribution in [0, 0.1) is 11.6 Å². The summed E-state index contributed by atoms with van der Waals surface area (Å²) in [6.45, 7) is 1.94. The van der Waals surface area contributed by atoms with Crippen molar-refractivity contribution >= 4 is 78.2 Å². The highest BCUT2D eigenvalue weighted by molar-refractivity contribution is 7.92. The highest BCUT2D eigenvalue weighted by atomic mass is 35.5. The molecule has 0 bridgehead atoms. The first-order chi connectivity index (χ1) is 21.7. The molecule has 45 heavy (non-hydrogen) atoms. The van der Waals surface area contributed by atoms with Crippen LogP contribution < -0.4 is 14.9 Å². The number of aromatic nitrogens is 5. The Morgan fingerprint density at radius 1 is 0.867 bits per heavy atom. The quantitative estimate of drug-likeness (QED) is 0.185. The van der Waals surface area contributed by atoms with Gasteiger partial charge in [0.05, 0.1) is 32.5 Å². The van der Waals surface area contributed by atoms with Gasteiger partial charge in [-0.05, 0) is 61.4 Å². The zero-order chi connectivity index (χ0) is 31.3. The Labute approximate surface area is 265 Å². The monoisotopic (exact) mass is 666 g/mol. The lowest BCUT2D eigenvalue weighted by atomic mass is 10.2. The van der Waals surface area contributed by atoms with Crippen LogP contribution in [0.2, 0.25) is 10.0 Å². The summed E-state index contributed by atoms with van der Waals surface area (Å²) in [6.07, 6.45) is 5.16. The molecule has 1 aliphatic heterocycles. The van der Waals surface area contributed by atoms with Gasteiger partial charge in [-0.25, -0.2) is 37.1 Å². The minimum Gasteiger partial charge on any atom is -0.370 e. The van der Waals surface area contributed by atoms with Gasteiger partial charge < -0.3 is 10.2 Å². The number of halogens is 4. The average Bonchev–Trinajstić information content (AvgIpc) is 3.73. The molecule has 6 aromatic rings. The number of benzene rings is 3. The smallest absolute Gasteiger partial charge is 0.263 e. The molecule has 1 fully saturated rings. The number of rotatable bonds is 7. The lowest BCUT2D eigenvalue weighted by molar-refractivity contribution is 0.588. The third-order valence-electron chi connectivity index (χ3n) is 7.50. The van der Waals surface area contributed by atoms with E-state index in [4.69, 9.17) is 28.2 Å². The summed E-state index contributed by atoms with van der Waals surface area (Å²) in [5, 5.41) is 2.41. The van der Waals surface area contributed by atoms with Gasteiger partial charge in [-0.15, -0.1) is 0 Å². The molecule has 0 aliphatic carbocycles. The first-order valence-corrected chi connectivity index (χ1v) is 16.0. The SMILES string of the molecule is O=S(=O)(Nc1ccc(F)c(Nc2ncnc3ccc(-n4cnc5c(N6CCCC6)cccc54)nc23)c1F)c1cccc(Cl)c1Cl. The van der Waals surface area contributed by atoms with E-state index in [1.165, 1.54) is 24.5 Å². The van der Waals surface area contributed by atoms with Crippen LogP contribution >= 0.6 is 23.2 Å². The van der Waals surface area contributed by atoms with E-state index in [2.05, 4.69) is 36.0 Å². The number of fused-ring (bicyclic) bond motifs is 2. The number of para-hydroxylation sites is 1. The second-order valence-corrected chi connectivity index (χ2v) is 12.7. The molecule has 3 aromatic heterocycles. The summed E-state index contributed by atoms with van der Waals surface area (Å²) in [6, 6.07) is 15.3. The Balaban J connectivity index is 1.25. The molecule has 15 heteroatoms. The lowest BCUT2D eigenvalue weighted by Crippen LogP contribution is -2.17. The van der Waals surface area contributed by atoms with Crippen molar-refractivity contribution in [2.24, 2.45) is 0 Å². The van der Waals surface area contributed by atoms with Crippen molar-refractivity contribution in [3.63, 3.8) is 0 Å². The number of anilines is 4. The van der Waals surface area contributed by atoms with E-state index < -0.39 is 33.0 Å². The van der Waals surface area contributed by atoms with E-state index in [1.807, 2.05) is 16.7 Å². The van der Waals surface area contributed by atoms with E-state index >= 15 is 8.78 Å². The first-order valence-electron chi connectivity index (χ1n) is 13.8. The van der Waals surface area contributed by atoms with E-state index in [0.29, 0.717) is 11.3 Å². The maximum atomic E-state index is 15.7. The Bertz CT molecular complexity index is 2230. The molecule has 10 nitrogen and oxygen atoms in total. The van der Waals surface area contributed by atoms with Gasteiger partial charge in [0.25, 0.3) is 10.0 Å². The van der Waals surface area contributed by atoms with Crippen molar-refractivity contribution in [3.05, 3.63) is 95.0 Å². The van der Waals surface area contributed by atoms with Crippen LogP contribution in [0.15, 0.2) is 78.2 Å². The lowest BCUT2D eigenvalue weighted by Gasteiger charge is -2.18. The largest absolute Gasteiger partial charge is 0.370 e. The van der Waals surface area contributed by atoms with Crippen molar-refractivity contribution in [2.45, 2.75) is 17.7 Å². The summed E-state index contributed by atoms with van der Waals surface area (Å²) < 4.78 is 60.7. The molecule has 3 aromatic carbocycles. The number of imidazole rings is 1. The van der Waals surface area contributed by atoms with Crippen LogP contribution in [0.3, 0.4) is 0 Å². The summed E-state index contributed by atoms with van der Waals surface area (Å²) in [4.78, 5) is 19.8. The van der Waals surface area contributed by atoms with Crippen LogP contribution in [0.4, 0.5) is 31.7 Å². The van der Waals surface area contributed by atoms with Gasteiger partial charge >= 0.3 is 0 Å². The van der Waals surface area contributed by atoms with E-state index in [0.717, 1.165) is 54.8 Å². The van der Waals surface area contributed by atoms with Gasteiger partial charge in [0, 0.05) is 13.1 Å². The number of nitrogens with one attached hydrogen (secondary N) is 2. The van der Waals surface area contributed by atoms with Crippen molar-refractivity contribution in [1.82, 2.24) is 24.5 Å². The fourth-order valence-electron chi connectivity index (χ4n) is 5.33. The molecule has 4 heterocycles. The molecule has 7 rings (SSSR count).